The molecule has 1 atom stereocenters. The number of carbonyl (C=O) groups is 1. The minimum absolute atomic E-state index is 0.101. The van der Waals surface area contributed by atoms with E-state index in [1.165, 1.54) is 32.1 Å². The number of thiophene rings is 1. The van der Waals surface area contributed by atoms with Crippen LogP contribution < -0.4 is 5.32 Å². The number of carbonyl (C=O) groups excluding carboxylic acids is 1. The maximum Gasteiger partial charge on any atom is 0.252 e. The maximum absolute atomic E-state index is 12.0. The Balaban J connectivity index is 1.92. The molecule has 1 aromatic heterocycles. The molecular formula is C14H21NOS. The van der Waals surface area contributed by atoms with Crippen LogP contribution in [-0.4, -0.2) is 11.9 Å². The summed E-state index contributed by atoms with van der Waals surface area (Å²) in [4.78, 5) is 12.0. The largest absolute Gasteiger partial charge is 0.349 e. The van der Waals surface area contributed by atoms with Gasteiger partial charge in [0.15, 0.2) is 0 Å². The minimum Gasteiger partial charge on any atom is -0.349 e. The van der Waals surface area contributed by atoms with Gasteiger partial charge >= 0.3 is 0 Å². The highest BCUT2D eigenvalue weighted by molar-refractivity contribution is 7.08. The van der Waals surface area contributed by atoms with Crippen LogP contribution in [0.5, 0.6) is 0 Å². The molecule has 1 aliphatic rings. The van der Waals surface area contributed by atoms with Crippen LogP contribution in [0.2, 0.25) is 0 Å². The van der Waals surface area contributed by atoms with Gasteiger partial charge in [-0.15, -0.1) is 0 Å². The van der Waals surface area contributed by atoms with Crippen molar-refractivity contribution in [2.24, 2.45) is 5.92 Å². The second-order valence-corrected chi connectivity index (χ2v) is 5.68. The number of hydrogen-bond donors (Lipinski definition) is 1. The Morgan fingerprint density at radius 1 is 1.47 bits per heavy atom. The highest BCUT2D eigenvalue weighted by Gasteiger charge is 2.23. The zero-order chi connectivity index (χ0) is 12.1. The zero-order valence-corrected chi connectivity index (χ0v) is 11.3. The standard InChI is InChI=1S/C14H21NOS/c1-2-13(11-6-4-3-5-7-11)15-14(16)12-8-9-17-10-12/h8-11,13H,2-7H2,1H3,(H,15,16). The summed E-state index contributed by atoms with van der Waals surface area (Å²) < 4.78 is 0. The number of nitrogens with one attached hydrogen (secondary N) is 1. The average Bonchev–Trinajstić information content (AvgIpc) is 2.90. The second-order valence-electron chi connectivity index (χ2n) is 4.90. The molecule has 0 aromatic carbocycles. The summed E-state index contributed by atoms with van der Waals surface area (Å²) in [5.74, 6) is 0.792. The first-order chi connectivity index (χ1) is 8.31. The molecule has 2 rings (SSSR count). The molecule has 0 spiro atoms. The molecule has 0 radical (unpaired) electrons. The summed E-state index contributed by atoms with van der Waals surface area (Å²) in [6.07, 6.45) is 7.63. The molecule has 1 N–H and O–H groups in total. The van der Waals surface area contributed by atoms with Crippen LogP contribution in [-0.2, 0) is 0 Å². The van der Waals surface area contributed by atoms with Gasteiger partial charge in [0.2, 0.25) is 0 Å². The molecule has 1 heterocycles. The van der Waals surface area contributed by atoms with Crippen molar-refractivity contribution in [1.29, 1.82) is 0 Å². The van der Waals surface area contributed by atoms with Crippen LogP contribution in [0.25, 0.3) is 0 Å². The fourth-order valence-electron chi connectivity index (χ4n) is 2.74. The molecule has 0 bridgehead atoms. The first-order valence-electron chi connectivity index (χ1n) is 6.64. The first kappa shape index (κ1) is 12.6. The number of amides is 1. The van der Waals surface area contributed by atoms with Gasteiger partial charge in [-0.1, -0.05) is 26.2 Å². The van der Waals surface area contributed by atoms with E-state index in [0.29, 0.717) is 12.0 Å². The minimum atomic E-state index is 0.101. The lowest BCUT2D eigenvalue weighted by molar-refractivity contribution is 0.0911. The third kappa shape index (κ3) is 3.32. The molecule has 1 aliphatic carbocycles. The quantitative estimate of drug-likeness (QED) is 0.865. The monoisotopic (exact) mass is 251 g/mol. The fraction of sp³-hybridized carbons (Fsp3) is 0.643. The molecule has 1 amide bonds. The van der Waals surface area contributed by atoms with Gasteiger partial charge in [0.25, 0.3) is 5.91 Å². The maximum atomic E-state index is 12.0. The van der Waals surface area contributed by atoms with Gasteiger partial charge in [0.1, 0.15) is 0 Å². The summed E-state index contributed by atoms with van der Waals surface area (Å²) >= 11 is 1.58. The van der Waals surface area contributed by atoms with E-state index >= 15 is 0 Å². The normalized spacial score (nSPS) is 18.9. The highest BCUT2D eigenvalue weighted by atomic mass is 32.1. The molecule has 1 fully saturated rings. The van der Waals surface area contributed by atoms with Crippen molar-refractivity contribution < 1.29 is 4.79 Å². The molecule has 17 heavy (non-hydrogen) atoms. The van der Waals surface area contributed by atoms with E-state index < -0.39 is 0 Å². The van der Waals surface area contributed by atoms with Crippen molar-refractivity contribution >= 4 is 17.2 Å². The Morgan fingerprint density at radius 2 is 2.24 bits per heavy atom. The molecule has 1 aromatic rings. The Labute approximate surface area is 107 Å². The molecule has 0 aliphatic heterocycles. The fourth-order valence-corrected chi connectivity index (χ4v) is 3.37. The summed E-state index contributed by atoms with van der Waals surface area (Å²) in [7, 11) is 0. The van der Waals surface area contributed by atoms with Gasteiger partial charge in [-0.2, -0.15) is 11.3 Å². The molecule has 1 saturated carbocycles. The van der Waals surface area contributed by atoms with Gasteiger partial charge < -0.3 is 5.32 Å². The van der Waals surface area contributed by atoms with Gasteiger partial charge in [-0.25, -0.2) is 0 Å². The zero-order valence-electron chi connectivity index (χ0n) is 10.4. The van der Waals surface area contributed by atoms with Crippen LogP contribution in [0.3, 0.4) is 0 Å². The van der Waals surface area contributed by atoms with Gasteiger partial charge in [0, 0.05) is 17.0 Å². The van der Waals surface area contributed by atoms with Crippen LogP contribution in [0, 0.1) is 5.92 Å². The lowest BCUT2D eigenvalue weighted by atomic mass is 9.83. The topological polar surface area (TPSA) is 29.1 Å². The third-order valence-electron chi connectivity index (χ3n) is 3.76. The molecule has 0 saturated heterocycles. The predicted octanol–water partition coefficient (Wildman–Crippen LogP) is 3.84. The van der Waals surface area contributed by atoms with Gasteiger partial charge in [-0.05, 0) is 36.6 Å². The lowest BCUT2D eigenvalue weighted by Gasteiger charge is -2.30. The van der Waals surface area contributed by atoms with E-state index in [9.17, 15) is 4.79 Å². The predicted molar refractivity (Wildman–Crippen MR) is 72.4 cm³/mol. The molecule has 3 heteroatoms. The van der Waals surface area contributed by atoms with Gasteiger partial charge in [-0.3, -0.25) is 4.79 Å². The van der Waals surface area contributed by atoms with Crippen molar-refractivity contribution in [2.75, 3.05) is 0 Å². The molecule has 2 nitrogen and oxygen atoms in total. The Morgan fingerprint density at radius 3 is 2.82 bits per heavy atom. The van der Waals surface area contributed by atoms with Gasteiger partial charge in [0.05, 0.1) is 0 Å². The lowest BCUT2D eigenvalue weighted by Crippen LogP contribution is -2.40. The summed E-state index contributed by atoms with van der Waals surface area (Å²) in [5, 5.41) is 7.08. The van der Waals surface area contributed by atoms with E-state index in [0.717, 1.165) is 12.0 Å². The smallest absolute Gasteiger partial charge is 0.252 e. The average molecular weight is 251 g/mol. The van der Waals surface area contributed by atoms with E-state index in [2.05, 4.69) is 12.2 Å². The third-order valence-corrected chi connectivity index (χ3v) is 4.44. The molecule has 1 unspecified atom stereocenters. The highest BCUT2D eigenvalue weighted by Crippen LogP contribution is 2.27. The Kier molecular flexibility index (Phi) is 4.60. The van der Waals surface area contributed by atoms with Crippen molar-refractivity contribution in [3.05, 3.63) is 22.4 Å². The number of rotatable bonds is 4. The SMILES string of the molecule is CCC(NC(=O)c1ccsc1)C1CCCCC1. The second kappa shape index (κ2) is 6.20. The van der Waals surface area contributed by atoms with Crippen LogP contribution in [0.4, 0.5) is 0 Å². The van der Waals surface area contributed by atoms with E-state index in [-0.39, 0.29) is 5.91 Å². The van der Waals surface area contributed by atoms with Crippen LogP contribution in [0.1, 0.15) is 55.8 Å². The van der Waals surface area contributed by atoms with Crippen molar-refractivity contribution in [3.63, 3.8) is 0 Å². The van der Waals surface area contributed by atoms with Crippen molar-refractivity contribution in [1.82, 2.24) is 5.32 Å². The van der Waals surface area contributed by atoms with E-state index in [1.54, 1.807) is 11.3 Å². The van der Waals surface area contributed by atoms with Crippen molar-refractivity contribution in [3.8, 4) is 0 Å². The van der Waals surface area contributed by atoms with Crippen LogP contribution in [0.15, 0.2) is 16.8 Å². The number of hydrogen-bond acceptors (Lipinski definition) is 2. The van der Waals surface area contributed by atoms with Crippen LogP contribution >= 0.6 is 11.3 Å². The summed E-state index contributed by atoms with van der Waals surface area (Å²) in [6, 6.07) is 2.26. The Hall–Kier alpha value is -0.830. The molecule has 94 valence electrons. The van der Waals surface area contributed by atoms with Crippen molar-refractivity contribution in [2.45, 2.75) is 51.5 Å². The Bertz CT molecular complexity index is 341. The summed E-state index contributed by atoms with van der Waals surface area (Å²) in [6.45, 7) is 2.17. The summed E-state index contributed by atoms with van der Waals surface area (Å²) in [5.41, 5.74) is 0.809. The molecular weight excluding hydrogens is 230 g/mol. The van der Waals surface area contributed by atoms with E-state index in [1.807, 2.05) is 16.8 Å². The first-order valence-corrected chi connectivity index (χ1v) is 7.58. The van der Waals surface area contributed by atoms with E-state index in [4.69, 9.17) is 0 Å².